The molecule has 2 fully saturated rings. The van der Waals surface area contributed by atoms with Crippen LogP contribution in [0.5, 0.6) is 0 Å². The summed E-state index contributed by atoms with van der Waals surface area (Å²) in [5, 5.41) is 11.0. The highest BCUT2D eigenvalue weighted by atomic mass is 16.3. The van der Waals surface area contributed by atoms with Crippen molar-refractivity contribution in [1.29, 1.82) is 0 Å². The van der Waals surface area contributed by atoms with Gasteiger partial charge in [0.05, 0.1) is 6.10 Å². The van der Waals surface area contributed by atoms with E-state index < -0.39 is 0 Å². The average Bonchev–Trinajstić information content (AvgIpc) is 3.22. The van der Waals surface area contributed by atoms with E-state index in [1.54, 1.807) is 0 Å². The standard InChI is InChI=1S/C21H38O/c1-7-9-10-12-16-17(11-8-2)20(5,6)21(13-14-21)19(3,4)15-18(16)22/h12,17-18,22H,7-11,13-15H2,1-6H3/b16-12+. The summed E-state index contributed by atoms with van der Waals surface area (Å²) in [7, 11) is 0. The Kier molecular flexibility index (Phi) is 5.17. The van der Waals surface area contributed by atoms with Crippen molar-refractivity contribution in [3.8, 4) is 0 Å². The molecule has 2 rings (SSSR count). The number of hydrogen-bond donors (Lipinski definition) is 1. The van der Waals surface area contributed by atoms with E-state index >= 15 is 0 Å². The minimum absolute atomic E-state index is 0.234. The molecule has 1 spiro atoms. The maximum absolute atomic E-state index is 11.0. The van der Waals surface area contributed by atoms with E-state index in [0.29, 0.717) is 16.7 Å². The van der Waals surface area contributed by atoms with Gasteiger partial charge in [0.15, 0.2) is 0 Å². The number of rotatable bonds is 5. The molecule has 2 atom stereocenters. The number of aliphatic hydroxyl groups is 1. The van der Waals surface area contributed by atoms with Crippen molar-refractivity contribution >= 4 is 0 Å². The van der Waals surface area contributed by atoms with Gasteiger partial charge in [-0.1, -0.05) is 66.9 Å². The number of aliphatic hydroxyl groups excluding tert-OH is 1. The third-order valence-electron chi connectivity index (χ3n) is 7.16. The Morgan fingerprint density at radius 1 is 1.09 bits per heavy atom. The molecule has 0 heterocycles. The smallest absolute Gasteiger partial charge is 0.0758 e. The van der Waals surface area contributed by atoms with Crippen molar-refractivity contribution in [3.05, 3.63) is 11.6 Å². The van der Waals surface area contributed by atoms with E-state index in [-0.39, 0.29) is 11.5 Å². The summed E-state index contributed by atoms with van der Waals surface area (Å²) in [5.41, 5.74) is 2.34. The van der Waals surface area contributed by atoms with Crippen LogP contribution in [0.4, 0.5) is 0 Å². The van der Waals surface area contributed by atoms with Gasteiger partial charge in [-0.25, -0.2) is 0 Å². The van der Waals surface area contributed by atoms with Gasteiger partial charge in [0, 0.05) is 0 Å². The molecule has 0 aromatic heterocycles. The van der Waals surface area contributed by atoms with Crippen molar-refractivity contribution in [2.45, 2.75) is 99.0 Å². The van der Waals surface area contributed by atoms with E-state index in [1.165, 1.54) is 44.1 Å². The Hall–Kier alpha value is -0.300. The highest BCUT2D eigenvalue weighted by Crippen LogP contribution is 2.74. The molecular formula is C21H38O. The molecule has 1 N–H and O–H groups in total. The summed E-state index contributed by atoms with van der Waals surface area (Å²) >= 11 is 0. The molecule has 0 radical (unpaired) electrons. The lowest BCUT2D eigenvalue weighted by Crippen LogP contribution is -2.41. The fourth-order valence-corrected chi connectivity index (χ4v) is 5.66. The first kappa shape index (κ1) is 18.0. The van der Waals surface area contributed by atoms with Gasteiger partial charge in [-0.05, 0) is 59.8 Å². The molecule has 2 aliphatic carbocycles. The van der Waals surface area contributed by atoms with Crippen LogP contribution in [0.3, 0.4) is 0 Å². The van der Waals surface area contributed by atoms with Crippen molar-refractivity contribution in [3.63, 3.8) is 0 Å². The molecule has 1 nitrogen and oxygen atoms in total. The quantitative estimate of drug-likeness (QED) is 0.479. The third-order valence-corrected chi connectivity index (χ3v) is 7.16. The number of hydrogen-bond acceptors (Lipinski definition) is 1. The minimum atomic E-state index is -0.234. The van der Waals surface area contributed by atoms with Crippen LogP contribution in [-0.2, 0) is 0 Å². The molecule has 22 heavy (non-hydrogen) atoms. The van der Waals surface area contributed by atoms with Crippen LogP contribution in [0, 0.1) is 22.2 Å². The molecule has 2 aliphatic rings. The zero-order valence-corrected chi connectivity index (χ0v) is 15.8. The Morgan fingerprint density at radius 3 is 2.23 bits per heavy atom. The topological polar surface area (TPSA) is 20.2 Å². The number of unbranched alkanes of at least 4 members (excludes halogenated alkanes) is 2. The van der Waals surface area contributed by atoms with Crippen molar-refractivity contribution in [2.75, 3.05) is 0 Å². The minimum Gasteiger partial charge on any atom is -0.389 e. The Labute approximate surface area is 138 Å². The first-order valence-corrected chi connectivity index (χ1v) is 9.61. The van der Waals surface area contributed by atoms with Crippen LogP contribution in [0.25, 0.3) is 0 Å². The van der Waals surface area contributed by atoms with Crippen LogP contribution in [0.15, 0.2) is 11.6 Å². The third kappa shape index (κ3) is 2.79. The SMILES string of the molecule is CCCC/C=C1/C(O)CC(C)(C)C2(CC2)C(C)(C)C1CCC. The van der Waals surface area contributed by atoms with Crippen molar-refractivity contribution in [1.82, 2.24) is 0 Å². The summed E-state index contributed by atoms with van der Waals surface area (Å²) in [6.45, 7) is 14.3. The van der Waals surface area contributed by atoms with Crippen LogP contribution in [-0.4, -0.2) is 11.2 Å². The summed E-state index contributed by atoms with van der Waals surface area (Å²) in [4.78, 5) is 0. The van der Waals surface area contributed by atoms with Gasteiger partial charge < -0.3 is 5.11 Å². The van der Waals surface area contributed by atoms with Gasteiger partial charge in [0.25, 0.3) is 0 Å². The van der Waals surface area contributed by atoms with Crippen LogP contribution in [0.1, 0.15) is 92.9 Å². The fourth-order valence-electron chi connectivity index (χ4n) is 5.66. The second-order valence-corrected chi connectivity index (χ2v) is 9.10. The van der Waals surface area contributed by atoms with E-state index in [4.69, 9.17) is 0 Å². The predicted octanol–water partition coefficient (Wildman–Crippen LogP) is 6.12. The zero-order valence-electron chi connectivity index (χ0n) is 15.8. The van der Waals surface area contributed by atoms with E-state index in [2.05, 4.69) is 47.6 Å². The lowest BCUT2D eigenvalue weighted by atomic mass is 9.57. The second-order valence-electron chi connectivity index (χ2n) is 9.10. The molecule has 0 bridgehead atoms. The Morgan fingerprint density at radius 2 is 1.73 bits per heavy atom. The molecule has 2 saturated carbocycles. The van der Waals surface area contributed by atoms with Crippen molar-refractivity contribution < 1.29 is 5.11 Å². The zero-order chi connectivity index (χ0) is 16.6. The van der Waals surface area contributed by atoms with Crippen LogP contribution in [0.2, 0.25) is 0 Å². The highest BCUT2D eigenvalue weighted by molar-refractivity contribution is 5.26. The number of allylic oxidation sites excluding steroid dienone is 1. The molecule has 2 unspecified atom stereocenters. The van der Waals surface area contributed by atoms with Gasteiger partial charge >= 0.3 is 0 Å². The molecule has 0 saturated heterocycles. The molecule has 0 amide bonds. The highest BCUT2D eigenvalue weighted by Gasteiger charge is 2.66. The Bertz CT molecular complexity index is 412. The van der Waals surface area contributed by atoms with Gasteiger partial charge in [-0.2, -0.15) is 0 Å². The molecule has 1 heteroatoms. The maximum atomic E-state index is 11.0. The molecule has 128 valence electrons. The molecule has 0 aliphatic heterocycles. The second kappa shape index (κ2) is 6.30. The predicted molar refractivity (Wildman–Crippen MR) is 95.9 cm³/mol. The summed E-state index contributed by atoms with van der Waals surface area (Å²) in [6, 6.07) is 0. The molecular weight excluding hydrogens is 268 g/mol. The Balaban J connectivity index is 2.43. The first-order valence-electron chi connectivity index (χ1n) is 9.61. The van der Waals surface area contributed by atoms with Gasteiger partial charge in [-0.15, -0.1) is 0 Å². The fraction of sp³-hybridized carbons (Fsp3) is 0.905. The van der Waals surface area contributed by atoms with Gasteiger partial charge in [0.1, 0.15) is 0 Å². The monoisotopic (exact) mass is 306 g/mol. The summed E-state index contributed by atoms with van der Waals surface area (Å²) in [5.74, 6) is 0.550. The van der Waals surface area contributed by atoms with E-state index in [1.807, 2.05) is 0 Å². The summed E-state index contributed by atoms with van der Waals surface area (Å²) in [6.07, 6.45) is 11.9. The van der Waals surface area contributed by atoms with E-state index in [0.717, 1.165) is 12.8 Å². The lowest BCUT2D eigenvalue weighted by Gasteiger charge is -2.47. The average molecular weight is 307 g/mol. The molecule has 0 aromatic carbocycles. The summed E-state index contributed by atoms with van der Waals surface area (Å²) < 4.78 is 0. The first-order chi connectivity index (χ1) is 10.2. The molecule has 0 aromatic rings. The van der Waals surface area contributed by atoms with E-state index in [9.17, 15) is 5.11 Å². The van der Waals surface area contributed by atoms with Crippen molar-refractivity contribution in [2.24, 2.45) is 22.2 Å². The van der Waals surface area contributed by atoms with Gasteiger partial charge in [-0.3, -0.25) is 0 Å². The van der Waals surface area contributed by atoms with Crippen LogP contribution < -0.4 is 0 Å². The lowest BCUT2D eigenvalue weighted by molar-refractivity contribution is 0.0114. The largest absolute Gasteiger partial charge is 0.389 e. The van der Waals surface area contributed by atoms with Gasteiger partial charge in [0.2, 0.25) is 0 Å². The normalized spacial score (nSPS) is 33.9. The van der Waals surface area contributed by atoms with Crippen LogP contribution >= 0.6 is 0 Å². The maximum Gasteiger partial charge on any atom is 0.0758 e.